The van der Waals surface area contributed by atoms with Crippen LogP contribution in [0.1, 0.15) is 25.8 Å². The van der Waals surface area contributed by atoms with Crippen molar-refractivity contribution < 1.29 is 14.7 Å². The highest BCUT2D eigenvalue weighted by atomic mass is 35.5. The molecule has 0 aliphatic carbocycles. The Balaban J connectivity index is 2.72. The average Bonchev–Trinajstić information content (AvgIpc) is 2.36. The standard InChI is InChI=1S/C15H20ClNO3/c1-11(2)10-17(8-7-15(19)20)14(18)9-12-5-3-4-6-13(12)16/h3-6,11H,7-10H2,1-2H3,(H,19,20). The Bertz CT molecular complexity index is 474. The third kappa shape index (κ3) is 5.61. The molecule has 0 spiro atoms. The largest absolute Gasteiger partial charge is 0.481 e. The molecule has 1 N–H and O–H groups in total. The van der Waals surface area contributed by atoms with E-state index in [-0.39, 0.29) is 25.3 Å². The van der Waals surface area contributed by atoms with Gasteiger partial charge < -0.3 is 10.0 Å². The maximum Gasteiger partial charge on any atom is 0.305 e. The van der Waals surface area contributed by atoms with Gasteiger partial charge >= 0.3 is 5.97 Å². The summed E-state index contributed by atoms with van der Waals surface area (Å²) in [6.07, 6.45) is 0.160. The van der Waals surface area contributed by atoms with Crippen LogP contribution in [-0.4, -0.2) is 35.0 Å². The number of nitrogens with zero attached hydrogens (tertiary/aromatic N) is 1. The van der Waals surface area contributed by atoms with E-state index in [4.69, 9.17) is 16.7 Å². The molecule has 1 rings (SSSR count). The summed E-state index contributed by atoms with van der Waals surface area (Å²) in [4.78, 5) is 24.6. The van der Waals surface area contributed by atoms with Gasteiger partial charge in [-0.15, -0.1) is 0 Å². The van der Waals surface area contributed by atoms with Gasteiger partial charge in [0.05, 0.1) is 12.8 Å². The van der Waals surface area contributed by atoms with Gasteiger partial charge in [-0.05, 0) is 17.5 Å². The van der Waals surface area contributed by atoms with Crippen molar-refractivity contribution in [2.24, 2.45) is 5.92 Å². The van der Waals surface area contributed by atoms with E-state index in [0.29, 0.717) is 17.5 Å². The lowest BCUT2D eigenvalue weighted by molar-refractivity contribution is -0.138. The third-order valence-corrected chi connectivity index (χ3v) is 3.20. The molecule has 0 unspecified atom stereocenters. The van der Waals surface area contributed by atoms with Gasteiger partial charge in [-0.25, -0.2) is 0 Å². The van der Waals surface area contributed by atoms with Crippen LogP contribution in [0, 0.1) is 5.92 Å². The summed E-state index contributed by atoms with van der Waals surface area (Å²) in [5, 5.41) is 9.31. The quantitative estimate of drug-likeness (QED) is 0.842. The van der Waals surface area contributed by atoms with Crippen LogP contribution in [0.15, 0.2) is 24.3 Å². The number of carboxylic acid groups (broad SMARTS) is 1. The number of carbonyl (C=O) groups is 2. The van der Waals surface area contributed by atoms with Crippen LogP contribution in [0.2, 0.25) is 5.02 Å². The highest BCUT2D eigenvalue weighted by Gasteiger charge is 2.17. The van der Waals surface area contributed by atoms with Gasteiger partial charge in [-0.2, -0.15) is 0 Å². The topological polar surface area (TPSA) is 57.6 Å². The second-order valence-electron chi connectivity index (χ2n) is 5.15. The van der Waals surface area contributed by atoms with E-state index in [1.54, 1.807) is 11.0 Å². The maximum atomic E-state index is 12.3. The van der Waals surface area contributed by atoms with Gasteiger partial charge in [-0.1, -0.05) is 43.6 Å². The van der Waals surface area contributed by atoms with E-state index in [0.717, 1.165) is 5.56 Å². The molecule has 0 saturated carbocycles. The molecule has 0 aromatic heterocycles. The van der Waals surface area contributed by atoms with Gasteiger partial charge in [0.2, 0.25) is 5.91 Å². The number of rotatable bonds is 7. The molecule has 1 aromatic rings. The van der Waals surface area contributed by atoms with Crippen LogP contribution in [0.25, 0.3) is 0 Å². The van der Waals surface area contributed by atoms with Crippen molar-refractivity contribution in [3.63, 3.8) is 0 Å². The minimum Gasteiger partial charge on any atom is -0.481 e. The first kappa shape index (κ1) is 16.5. The number of benzene rings is 1. The predicted molar refractivity (Wildman–Crippen MR) is 78.8 cm³/mol. The van der Waals surface area contributed by atoms with Crippen LogP contribution in [0.3, 0.4) is 0 Å². The van der Waals surface area contributed by atoms with E-state index >= 15 is 0 Å². The van der Waals surface area contributed by atoms with E-state index in [1.807, 2.05) is 32.0 Å². The molecule has 0 bridgehead atoms. The number of hydrogen-bond acceptors (Lipinski definition) is 2. The van der Waals surface area contributed by atoms with Gasteiger partial charge in [-0.3, -0.25) is 9.59 Å². The lowest BCUT2D eigenvalue weighted by atomic mass is 10.1. The number of hydrogen-bond donors (Lipinski definition) is 1. The first-order valence-electron chi connectivity index (χ1n) is 6.63. The van der Waals surface area contributed by atoms with Crippen molar-refractivity contribution in [3.05, 3.63) is 34.9 Å². The van der Waals surface area contributed by atoms with E-state index < -0.39 is 5.97 Å². The smallest absolute Gasteiger partial charge is 0.305 e. The molecule has 1 aromatic carbocycles. The number of carboxylic acids is 1. The Morgan fingerprint density at radius 1 is 1.30 bits per heavy atom. The lowest BCUT2D eigenvalue weighted by Gasteiger charge is -2.24. The number of amides is 1. The van der Waals surface area contributed by atoms with Crippen molar-refractivity contribution in [1.82, 2.24) is 4.90 Å². The molecule has 0 atom stereocenters. The van der Waals surface area contributed by atoms with E-state index in [2.05, 4.69) is 0 Å². The molecule has 5 heteroatoms. The van der Waals surface area contributed by atoms with Crippen LogP contribution in [-0.2, 0) is 16.0 Å². The molecule has 0 heterocycles. The van der Waals surface area contributed by atoms with Gasteiger partial charge in [0, 0.05) is 18.1 Å². The summed E-state index contributed by atoms with van der Waals surface area (Å²) in [6.45, 7) is 4.78. The van der Waals surface area contributed by atoms with Crippen molar-refractivity contribution in [3.8, 4) is 0 Å². The van der Waals surface area contributed by atoms with Crippen molar-refractivity contribution >= 4 is 23.5 Å². The highest BCUT2D eigenvalue weighted by molar-refractivity contribution is 6.31. The second kappa shape index (κ2) is 7.90. The summed E-state index contributed by atoms with van der Waals surface area (Å²) in [5.74, 6) is -0.698. The molecule has 0 saturated heterocycles. The Labute approximate surface area is 124 Å². The van der Waals surface area contributed by atoms with Crippen molar-refractivity contribution in [2.75, 3.05) is 13.1 Å². The minimum absolute atomic E-state index is 0.0407. The Kier molecular flexibility index (Phi) is 6.52. The summed E-state index contributed by atoms with van der Waals surface area (Å²) >= 11 is 6.04. The number of halogens is 1. The molecule has 0 fully saturated rings. The highest BCUT2D eigenvalue weighted by Crippen LogP contribution is 2.16. The Morgan fingerprint density at radius 3 is 2.50 bits per heavy atom. The molecular formula is C15H20ClNO3. The molecule has 4 nitrogen and oxygen atoms in total. The summed E-state index contributed by atoms with van der Waals surface area (Å²) in [7, 11) is 0. The third-order valence-electron chi connectivity index (χ3n) is 2.83. The van der Waals surface area contributed by atoms with E-state index in [1.165, 1.54) is 0 Å². The van der Waals surface area contributed by atoms with E-state index in [9.17, 15) is 9.59 Å². The van der Waals surface area contributed by atoms with Crippen molar-refractivity contribution in [1.29, 1.82) is 0 Å². The molecular weight excluding hydrogens is 278 g/mol. The van der Waals surface area contributed by atoms with Crippen LogP contribution >= 0.6 is 11.6 Å². The zero-order valence-electron chi connectivity index (χ0n) is 11.8. The predicted octanol–water partition coefficient (Wildman–Crippen LogP) is 2.84. The number of aliphatic carboxylic acids is 1. The SMILES string of the molecule is CC(C)CN(CCC(=O)O)C(=O)Cc1ccccc1Cl. The first-order chi connectivity index (χ1) is 9.40. The lowest BCUT2D eigenvalue weighted by Crippen LogP contribution is -2.37. The fourth-order valence-electron chi connectivity index (χ4n) is 1.91. The Morgan fingerprint density at radius 2 is 1.95 bits per heavy atom. The second-order valence-corrected chi connectivity index (χ2v) is 5.55. The zero-order chi connectivity index (χ0) is 15.1. The maximum absolute atomic E-state index is 12.3. The molecule has 20 heavy (non-hydrogen) atoms. The molecule has 1 amide bonds. The van der Waals surface area contributed by atoms with Gasteiger partial charge in [0.25, 0.3) is 0 Å². The Hall–Kier alpha value is -1.55. The molecule has 110 valence electrons. The zero-order valence-corrected chi connectivity index (χ0v) is 12.6. The number of carbonyl (C=O) groups excluding carboxylic acids is 1. The first-order valence-corrected chi connectivity index (χ1v) is 7.01. The monoisotopic (exact) mass is 297 g/mol. The average molecular weight is 298 g/mol. The molecule has 0 aliphatic heterocycles. The van der Waals surface area contributed by atoms with Crippen molar-refractivity contribution in [2.45, 2.75) is 26.7 Å². The molecule has 0 radical (unpaired) electrons. The summed E-state index contributed by atoms with van der Waals surface area (Å²) in [5.41, 5.74) is 0.767. The van der Waals surface area contributed by atoms with Crippen LogP contribution in [0.4, 0.5) is 0 Å². The fourth-order valence-corrected chi connectivity index (χ4v) is 2.11. The summed E-state index contributed by atoms with van der Waals surface area (Å²) in [6, 6.07) is 7.20. The van der Waals surface area contributed by atoms with Crippen LogP contribution in [0.5, 0.6) is 0 Å². The molecule has 0 aliphatic rings. The van der Waals surface area contributed by atoms with Gasteiger partial charge in [0.15, 0.2) is 0 Å². The normalized spacial score (nSPS) is 10.6. The van der Waals surface area contributed by atoms with Crippen LogP contribution < -0.4 is 0 Å². The van der Waals surface area contributed by atoms with Gasteiger partial charge in [0.1, 0.15) is 0 Å². The minimum atomic E-state index is -0.899. The summed E-state index contributed by atoms with van der Waals surface area (Å²) < 4.78 is 0. The fraction of sp³-hybridized carbons (Fsp3) is 0.467.